The highest BCUT2D eigenvalue weighted by molar-refractivity contribution is 5.90. The van der Waals surface area contributed by atoms with E-state index in [1.54, 1.807) is 24.3 Å². The fourth-order valence-electron chi connectivity index (χ4n) is 3.04. The number of halogens is 1. The number of amides is 2. The van der Waals surface area contributed by atoms with Crippen LogP contribution in [0.1, 0.15) is 0 Å². The van der Waals surface area contributed by atoms with Crippen LogP contribution in [-0.2, 0) is 9.47 Å². The molecule has 4 rings (SSSR count). The fourth-order valence-corrected chi connectivity index (χ4v) is 3.04. The number of rotatable bonds is 4. The van der Waals surface area contributed by atoms with Gasteiger partial charge in [-0.2, -0.15) is 0 Å². The van der Waals surface area contributed by atoms with Gasteiger partial charge in [-0.25, -0.2) is 19.0 Å². The van der Waals surface area contributed by atoms with Gasteiger partial charge in [-0.05, 0) is 30.3 Å². The summed E-state index contributed by atoms with van der Waals surface area (Å²) in [7, 11) is 0. The molecule has 0 saturated carbocycles. The van der Waals surface area contributed by atoms with Crippen LogP contribution in [0.15, 0.2) is 36.5 Å². The Morgan fingerprint density at radius 2 is 2.04 bits per heavy atom. The number of ether oxygens (including phenoxy) is 2. The number of aromatic nitrogens is 1. The van der Waals surface area contributed by atoms with Crippen molar-refractivity contribution < 1.29 is 28.6 Å². The Kier molecular flexibility index (Phi) is 4.36. The number of pyridine rings is 1. The molecule has 2 aliphatic heterocycles. The molecule has 8 nitrogen and oxygen atoms in total. The smallest absolute Gasteiger partial charge is 0.415 e. The normalized spacial score (nSPS) is 19.4. The zero-order valence-corrected chi connectivity index (χ0v) is 14.2. The van der Waals surface area contributed by atoms with Crippen molar-refractivity contribution in [2.75, 3.05) is 36.1 Å². The lowest BCUT2D eigenvalue weighted by molar-refractivity contribution is 0.0963. The minimum absolute atomic E-state index is 0.163. The number of hydrogen-bond acceptors (Lipinski definition) is 6. The first kappa shape index (κ1) is 17.2. The molecule has 0 radical (unpaired) electrons. The molecule has 2 amide bonds. The molecule has 1 aromatic carbocycles. The predicted octanol–water partition coefficient (Wildman–Crippen LogP) is 2.16. The molecular formula is C18H16FN3O5. The van der Waals surface area contributed by atoms with E-state index in [2.05, 4.69) is 4.98 Å². The first-order valence-electron chi connectivity index (χ1n) is 8.36. The molecule has 0 spiro atoms. The summed E-state index contributed by atoms with van der Waals surface area (Å²) in [5.74, 6) is -0.0870. The first-order valence-corrected chi connectivity index (χ1v) is 8.36. The van der Waals surface area contributed by atoms with Gasteiger partial charge < -0.3 is 14.6 Å². The van der Waals surface area contributed by atoms with Crippen molar-refractivity contribution in [2.45, 2.75) is 6.10 Å². The minimum Gasteiger partial charge on any atom is -0.447 e. The standard InChI is InChI=1S/C18H16FN3O5/c19-15-7-12(22-9-13(10-23)27-18(22)25)2-3-14(15)11-1-4-16(20-8-11)21-5-6-26-17(21)24/h1-4,7-8,13,23H,5-6,9-10H2/t13-/m1/s1. The molecule has 27 heavy (non-hydrogen) atoms. The Balaban J connectivity index is 1.56. The molecule has 2 saturated heterocycles. The molecule has 9 heteroatoms. The third-order valence-electron chi connectivity index (χ3n) is 4.44. The Hall–Kier alpha value is -3.20. The molecule has 2 fully saturated rings. The molecule has 3 heterocycles. The van der Waals surface area contributed by atoms with E-state index in [-0.39, 0.29) is 13.2 Å². The highest BCUT2D eigenvalue weighted by Crippen LogP contribution is 2.29. The average molecular weight is 373 g/mol. The van der Waals surface area contributed by atoms with E-state index < -0.39 is 24.1 Å². The molecule has 1 N–H and O–H groups in total. The number of aliphatic hydroxyl groups is 1. The third-order valence-corrected chi connectivity index (χ3v) is 4.44. The van der Waals surface area contributed by atoms with Crippen LogP contribution >= 0.6 is 0 Å². The van der Waals surface area contributed by atoms with E-state index in [1.807, 2.05) is 0 Å². The summed E-state index contributed by atoms with van der Waals surface area (Å²) in [4.78, 5) is 30.3. The van der Waals surface area contributed by atoms with Gasteiger partial charge in [0.15, 0.2) is 0 Å². The highest BCUT2D eigenvalue weighted by atomic mass is 19.1. The van der Waals surface area contributed by atoms with Crippen LogP contribution in [0.5, 0.6) is 0 Å². The highest BCUT2D eigenvalue weighted by Gasteiger charge is 2.32. The molecule has 0 unspecified atom stereocenters. The lowest BCUT2D eigenvalue weighted by Crippen LogP contribution is -2.25. The largest absolute Gasteiger partial charge is 0.447 e. The van der Waals surface area contributed by atoms with Gasteiger partial charge in [0, 0.05) is 17.3 Å². The first-order chi connectivity index (χ1) is 13.1. The summed E-state index contributed by atoms with van der Waals surface area (Å²) in [5.41, 5.74) is 1.20. The molecule has 1 aromatic heterocycles. The number of anilines is 2. The van der Waals surface area contributed by atoms with Crippen molar-refractivity contribution in [1.29, 1.82) is 0 Å². The summed E-state index contributed by atoms with van der Waals surface area (Å²) >= 11 is 0. The number of benzene rings is 1. The average Bonchev–Trinajstić information content (AvgIpc) is 3.27. The van der Waals surface area contributed by atoms with Crippen molar-refractivity contribution in [3.8, 4) is 11.1 Å². The molecule has 0 bridgehead atoms. The van der Waals surface area contributed by atoms with Gasteiger partial charge in [-0.1, -0.05) is 0 Å². The number of hydrogen-bond donors (Lipinski definition) is 1. The van der Waals surface area contributed by atoms with Gasteiger partial charge >= 0.3 is 12.2 Å². The van der Waals surface area contributed by atoms with Crippen LogP contribution < -0.4 is 9.80 Å². The minimum atomic E-state index is -0.621. The molecule has 0 aliphatic carbocycles. The Morgan fingerprint density at radius 3 is 2.63 bits per heavy atom. The van der Waals surface area contributed by atoms with Crippen LogP contribution in [0, 0.1) is 5.82 Å². The zero-order valence-electron chi connectivity index (χ0n) is 14.2. The van der Waals surface area contributed by atoms with Crippen molar-refractivity contribution in [3.63, 3.8) is 0 Å². The second-order valence-electron chi connectivity index (χ2n) is 6.13. The van der Waals surface area contributed by atoms with E-state index in [1.165, 1.54) is 22.1 Å². The van der Waals surface area contributed by atoms with Crippen molar-refractivity contribution in [3.05, 3.63) is 42.3 Å². The lowest BCUT2D eigenvalue weighted by Gasteiger charge is -2.15. The maximum absolute atomic E-state index is 14.6. The topological polar surface area (TPSA) is 92.2 Å². The van der Waals surface area contributed by atoms with Crippen LogP contribution in [-0.4, -0.2) is 54.7 Å². The van der Waals surface area contributed by atoms with Crippen LogP contribution in [0.2, 0.25) is 0 Å². The van der Waals surface area contributed by atoms with E-state index >= 15 is 0 Å². The summed E-state index contributed by atoms with van der Waals surface area (Å²) in [6.45, 7) is 0.616. The Labute approximate surface area is 153 Å². The molecule has 1 atom stereocenters. The van der Waals surface area contributed by atoms with E-state index in [0.717, 1.165) is 0 Å². The second kappa shape index (κ2) is 6.84. The summed E-state index contributed by atoms with van der Waals surface area (Å²) in [6.07, 6.45) is -0.214. The number of carbonyl (C=O) groups is 2. The summed E-state index contributed by atoms with van der Waals surface area (Å²) in [6, 6.07) is 7.68. The molecule has 2 aliphatic rings. The Morgan fingerprint density at radius 1 is 1.19 bits per heavy atom. The Bertz CT molecular complexity index is 889. The number of nitrogens with zero attached hydrogens (tertiary/aromatic N) is 3. The van der Waals surface area contributed by atoms with E-state index in [4.69, 9.17) is 14.6 Å². The van der Waals surface area contributed by atoms with Crippen LogP contribution in [0.4, 0.5) is 25.5 Å². The summed E-state index contributed by atoms with van der Waals surface area (Å²) in [5, 5.41) is 9.10. The fraction of sp³-hybridized carbons (Fsp3) is 0.278. The van der Waals surface area contributed by atoms with Gasteiger partial charge in [0.25, 0.3) is 0 Å². The molecular weight excluding hydrogens is 357 g/mol. The number of cyclic esters (lactones) is 2. The maximum Gasteiger partial charge on any atom is 0.415 e. The number of aliphatic hydroxyl groups excluding tert-OH is 1. The van der Waals surface area contributed by atoms with Gasteiger partial charge in [-0.3, -0.25) is 9.80 Å². The van der Waals surface area contributed by atoms with Gasteiger partial charge in [0.1, 0.15) is 24.3 Å². The van der Waals surface area contributed by atoms with Gasteiger partial charge in [0.05, 0.1) is 25.4 Å². The summed E-state index contributed by atoms with van der Waals surface area (Å²) < 4.78 is 24.5. The van der Waals surface area contributed by atoms with Crippen LogP contribution in [0.25, 0.3) is 11.1 Å². The quantitative estimate of drug-likeness (QED) is 0.883. The third kappa shape index (κ3) is 3.17. The SMILES string of the molecule is O=C1O[C@@H](CO)CN1c1ccc(-c2ccc(N3CCOC3=O)nc2)c(F)c1. The van der Waals surface area contributed by atoms with Crippen molar-refractivity contribution >= 4 is 23.7 Å². The van der Waals surface area contributed by atoms with Crippen molar-refractivity contribution in [1.82, 2.24) is 4.98 Å². The van der Waals surface area contributed by atoms with E-state index in [9.17, 15) is 14.0 Å². The van der Waals surface area contributed by atoms with Crippen molar-refractivity contribution in [2.24, 2.45) is 0 Å². The monoisotopic (exact) mass is 373 g/mol. The van der Waals surface area contributed by atoms with Gasteiger partial charge in [0.2, 0.25) is 0 Å². The van der Waals surface area contributed by atoms with E-state index in [0.29, 0.717) is 35.8 Å². The number of carbonyl (C=O) groups excluding carboxylic acids is 2. The predicted molar refractivity (Wildman–Crippen MR) is 93.0 cm³/mol. The zero-order chi connectivity index (χ0) is 19.0. The van der Waals surface area contributed by atoms with Gasteiger partial charge in [-0.15, -0.1) is 0 Å². The lowest BCUT2D eigenvalue weighted by atomic mass is 10.1. The molecule has 140 valence electrons. The second-order valence-corrected chi connectivity index (χ2v) is 6.13. The van der Waals surface area contributed by atoms with Crippen LogP contribution in [0.3, 0.4) is 0 Å². The molecule has 2 aromatic rings. The maximum atomic E-state index is 14.6.